The highest BCUT2D eigenvalue weighted by Crippen LogP contribution is 2.42. The molecule has 1 aliphatic heterocycles. The maximum Gasteiger partial charge on any atom is 0.120 e. The zero-order valence-corrected chi connectivity index (χ0v) is 10.9. The summed E-state index contributed by atoms with van der Waals surface area (Å²) >= 11 is 0. The molecular weight excluding hydrogens is 226 g/mol. The fourth-order valence-electron chi connectivity index (χ4n) is 3.02. The first kappa shape index (κ1) is 11.8. The van der Waals surface area contributed by atoms with Gasteiger partial charge < -0.3 is 14.8 Å². The summed E-state index contributed by atoms with van der Waals surface area (Å²) in [6.45, 7) is 0.891. The minimum absolute atomic E-state index is 0.203. The Kier molecular flexibility index (Phi) is 3.16. The molecule has 1 unspecified atom stereocenters. The molecule has 1 atom stereocenters. The molecule has 1 aromatic carbocycles. The van der Waals surface area contributed by atoms with E-state index in [-0.39, 0.29) is 5.60 Å². The van der Waals surface area contributed by atoms with Gasteiger partial charge in [0.1, 0.15) is 5.75 Å². The highest BCUT2D eigenvalue weighted by atomic mass is 16.5. The van der Waals surface area contributed by atoms with Crippen molar-refractivity contribution in [2.24, 2.45) is 0 Å². The monoisotopic (exact) mass is 247 g/mol. The molecule has 1 aromatic rings. The van der Waals surface area contributed by atoms with Gasteiger partial charge in [-0.25, -0.2) is 0 Å². The summed E-state index contributed by atoms with van der Waals surface area (Å²) in [5.74, 6) is 0.908. The molecule has 18 heavy (non-hydrogen) atoms. The first-order valence-electron chi connectivity index (χ1n) is 6.84. The summed E-state index contributed by atoms with van der Waals surface area (Å²) in [6.07, 6.45) is 6.04. The largest absolute Gasteiger partial charge is 0.497 e. The first-order chi connectivity index (χ1) is 8.80. The molecule has 98 valence electrons. The van der Waals surface area contributed by atoms with E-state index in [9.17, 15) is 0 Å². The normalized spacial score (nSPS) is 25.5. The number of benzene rings is 1. The molecule has 2 fully saturated rings. The van der Waals surface area contributed by atoms with Gasteiger partial charge in [0, 0.05) is 24.4 Å². The summed E-state index contributed by atoms with van der Waals surface area (Å²) < 4.78 is 11.2. The molecule has 1 aliphatic carbocycles. The number of ether oxygens (including phenoxy) is 2. The Morgan fingerprint density at radius 1 is 1.39 bits per heavy atom. The van der Waals surface area contributed by atoms with Gasteiger partial charge in [-0.3, -0.25) is 0 Å². The molecule has 1 saturated heterocycles. The Labute approximate surface area is 108 Å². The van der Waals surface area contributed by atoms with E-state index in [1.54, 1.807) is 7.11 Å². The molecule has 1 saturated carbocycles. The van der Waals surface area contributed by atoms with Gasteiger partial charge in [-0.15, -0.1) is 0 Å². The van der Waals surface area contributed by atoms with Crippen LogP contribution in [0.1, 0.15) is 32.1 Å². The number of anilines is 1. The molecular formula is C15H21NO2. The lowest BCUT2D eigenvalue weighted by Gasteiger charge is -2.47. The molecule has 0 amide bonds. The van der Waals surface area contributed by atoms with E-state index in [2.05, 4.69) is 17.4 Å². The molecule has 0 bridgehead atoms. The predicted molar refractivity (Wildman–Crippen MR) is 72.2 cm³/mol. The van der Waals surface area contributed by atoms with Crippen LogP contribution < -0.4 is 10.1 Å². The van der Waals surface area contributed by atoms with Crippen LogP contribution in [0.5, 0.6) is 5.75 Å². The minimum Gasteiger partial charge on any atom is -0.497 e. The second-order valence-electron chi connectivity index (χ2n) is 5.45. The van der Waals surface area contributed by atoms with Gasteiger partial charge in [-0.05, 0) is 44.2 Å². The number of methoxy groups -OCH3 is 1. The molecule has 1 N–H and O–H groups in total. The van der Waals surface area contributed by atoms with Crippen LogP contribution in [0.4, 0.5) is 5.69 Å². The molecule has 2 aliphatic rings. The number of hydrogen-bond donors (Lipinski definition) is 1. The van der Waals surface area contributed by atoms with Crippen molar-refractivity contribution in [1.82, 2.24) is 0 Å². The number of hydrogen-bond acceptors (Lipinski definition) is 3. The lowest BCUT2D eigenvalue weighted by Crippen LogP contribution is -2.48. The van der Waals surface area contributed by atoms with Crippen molar-refractivity contribution < 1.29 is 9.47 Å². The van der Waals surface area contributed by atoms with Gasteiger partial charge in [0.15, 0.2) is 0 Å². The Balaban J connectivity index is 1.64. The van der Waals surface area contributed by atoms with Gasteiger partial charge in [0.2, 0.25) is 0 Å². The Morgan fingerprint density at radius 3 is 3.00 bits per heavy atom. The van der Waals surface area contributed by atoms with Crippen LogP contribution in [0.3, 0.4) is 0 Å². The summed E-state index contributed by atoms with van der Waals surface area (Å²) in [5.41, 5.74) is 1.35. The van der Waals surface area contributed by atoms with E-state index in [0.717, 1.165) is 30.9 Å². The van der Waals surface area contributed by atoms with E-state index in [4.69, 9.17) is 9.47 Å². The van der Waals surface area contributed by atoms with Crippen molar-refractivity contribution in [3.63, 3.8) is 0 Å². The van der Waals surface area contributed by atoms with Crippen molar-refractivity contribution in [1.29, 1.82) is 0 Å². The summed E-state index contributed by atoms with van der Waals surface area (Å²) in [6, 6.07) is 8.70. The number of nitrogens with one attached hydrogen (secondary N) is 1. The second-order valence-corrected chi connectivity index (χ2v) is 5.45. The molecule has 0 radical (unpaired) electrons. The fraction of sp³-hybridized carbons (Fsp3) is 0.600. The fourth-order valence-corrected chi connectivity index (χ4v) is 3.02. The van der Waals surface area contributed by atoms with Gasteiger partial charge >= 0.3 is 0 Å². The molecule has 3 nitrogen and oxygen atoms in total. The maximum atomic E-state index is 5.95. The summed E-state index contributed by atoms with van der Waals surface area (Å²) in [7, 11) is 1.71. The van der Waals surface area contributed by atoms with Crippen LogP contribution in [0.25, 0.3) is 0 Å². The van der Waals surface area contributed by atoms with E-state index in [1.165, 1.54) is 19.3 Å². The SMILES string of the molecule is COc1cccc(NC2CCOC3(CCC3)C2)c1. The zero-order chi connectivity index (χ0) is 12.4. The van der Waals surface area contributed by atoms with Crippen molar-refractivity contribution in [3.8, 4) is 5.75 Å². The van der Waals surface area contributed by atoms with Gasteiger partial charge in [-0.2, -0.15) is 0 Å². The second kappa shape index (κ2) is 4.81. The first-order valence-corrected chi connectivity index (χ1v) is 6.84. The van der Waals surface area contributed by atoms with Gasteiger partial charge in [0.05, 0.1) is 12.7 Å². The third-order valence-electron chi connectivity index (χ3n) is 4.20. The third kappa shape index (κ3) is 2.32. The van der Waals surface area contributed by atoms with Crippen molar-refractivity contribution in [2.45, 2.75) is 43.7 Å². The van der Waals surface area contributed by atoms with Crippen LogP contribution in [-0.2, 0) is 4.74 Å². The predicted octanol–water partition coefficient (Wildman–Crippen LogP) is 3.21. The van der Waals surface area contributed by atoms with Crippen LogP contribution in [-0.4, -0.2) is 25.4 Å². The highest BCUT2D eigenvalue weighted by molar-refractivity contribution is 5.49. The average Bonchev–Trinajstić information content (AvgIpc) is 2.37. The average molecular weight is 247 g/mol. The molecule has 0 aromatic heterocycles. The molecule has 1 spiro atoms. The lowest BCUT2D eigenvalue weighted by atomic mass is 9.74. The van der Waals surface area contributed by atoms with Crippen LogP contribution in [0.2, 0.25) is 0 Å². The van der Waals surface area contributed by atoms with Crippen LogP contribution in [0.15, 0.2) is 24.3 Å². The zero-order valence-electron chi connectivity index (χ0n) is 10.9. The molecule has 1 heterocycles. The quantitative estimate of drug-likeness (QED) is 0.889. The van der Waals surface area contributed by atoms with Crippen molar-refractivity contribution in [3.05, 3.63) is 24.3 Å². The molecule has 3 rings (SSSR count). The van der Waals surface area contributed by atoms with Crippen molar-refractivity contribution >= 4 is 5.69 Å². The maximum absolute atomic E-state index is 5.95. The van der Waals surface area contributed by atoms with E-state index >= 15 is 0 Å². The summed E-state index contributed by atoms with van der Waals surface area (Å²) in [5, 5.41) is 3.62. The highest BCUT2D eigenvalue weighted by Gasteiger charge is 2.42. The van der Waals surface area contributed by atoms with E-state index in [1.807, 2.05) is 12.1 Å². The summed E-state index contributed by atoms with van der Waals surface area (Å²) in [4.78, 5) is 0. The topological polar surface area (TPSA) is 30.5 Å². The smallest absolute Gasteiger partial charge is 0.120 e. The standard InChI is InChI=1S/C15H21NO2/c1-17-14-5-2-4-12(10-14)16-13-6-9-18-15(11-13)7-3-8-15/h2,4-5,10,13,16H,3,6-9,11H2,1H3. The van der Waals surface area contributed by atoms with Gasteiger partial charge in [-0.1, -0.05) is 6.07 Å². The van der Waals surface area contributed by atoms with E-state index < -0.39 is 0 Å². The third-order valence-corrected chi connectivity index (χ3v) is 4.20. The lowest BCUT2D eigenvalue weighted by molar-refractivity contribution is -0.130. The van der Waals surface area contributed by atoms with Crippen LogP contribution in [0, 0.1) is 0 Å². The van der Waals surface area contributed by atoms with Gasteiger partial charge in [0.25, 0.3) is 0 Å². The Morgan fingerprint density at radius 2 is 2.28 bits per heavy atom. The Hall–Kier alpha value is -1.22. The number of rotatable bonds is 3. The van der Waals surface area contributed by atoms with Crippen molar-refractivity contribution in [2.75, 3.05) is 19.0 Å². The molecule has 3 heteroatoms. The minimum atomic E-state index is 0.203. The Bertz CT molecular complexity index is 415. The van der Waals surface area contributed by atoms with Crippen LogP contribution >= 0.6 is 0 Å². The van der Waals surface area contributed by atoms with E-state index in [0.29, 0.717) is 6.04 Å².